The van der Waals surface area contributed by atoms with Crippen molar-refractivity contribution in [2.45, 2.75) is 13.8 Å². The van der Waals surface area contributed by atoms with Gasteiger partial charge in [0.1, 0.15) is 0 Å². The highest BCUT2D eigenvalue weighted by Gasteiger charge is 2.22. The highest BCUT2D eigenvalue weighted by molar-refractivity contribution is 7.13. The molecule has 1 heterocycles. The summed E-state index contributed by atoms with van der Waals surface area (Å²) in [5.41, 5.74) is 7.52. The topological polar surface area (TPSA) is 91.3 Å². The molecule has 100 valence electrons. The number of rotatable bonds is 4. The first-order chi connectivity index (χ1) is 9.02. The quantitative estimate of drug-likeness (QED) is 0.686. The Morgan fingerprint density at radius 2 is 2.26 bits per heavy atom. The van der Waals surface area contributed by atoms with Gasteiger partial charge in [0, 0.05) is 11.4 Å². The van der Waals surface area contributed by atoms with Crippen molar-refractivity contribution in [3.05, 3.63) is 33.2 Å². The number of benzene rings is 1. The van der Waals surface area contributed by atoms with Gasteiger partial charge in [-0.05, 0) is 25.5 Å². The van der Waals surface area contributed by atoms with Gasteiger partial charge >= 0.3 is 5.69 Å². The first kappa shape index (κ1) is 13.3. The summed E-state index contributed by atoms with van der Waals surface area (Å²) in [6, 6.07) is 3.30. The van der Waals surface area contributed by atoms with Gasteiger partial charge in [0.25, 0.3) is 0 Å². The highest BCUT2D eigenvalue weighted by Crippen LogP contribution is 2.39. The van der Waals surface area contributed by atoms with Crippen LogP contribution in [0.4, 0.5) is 10.8 Å². The van der Waals surface area contributed by atoms with Crippen molar-refractivity contribution >= 4 is 22.2 Å². The van der Waals surface area contributed by atoms with E-state index in [4.69, 9.17) is 10.5 Å². The Bertz CT molecular complexity index is 625. The number of aryl methyl sites for hydroxylation is 1. The van der Waals surface area contributed by atoms with E-state index in [0.717, 1.165) is 5.56 Å². The molecule has 0 aliphatic carbocycles. The molecule has 0 saturated heterocycles. The van der Waals surface area contributed by atoms with Crippen LogP contribution >= 0.6 is 11.3 Å². The van der Waals surface area contributed by atoms with Crippen LogP contribution in [0.3, 0.4) is 0 Å². The number of anilines is 1. The average Bonchev–Trinajstić information content (AvgIpc) is 2.77. The van der Waals surface area contributed by atoms with E-state index in [0.29, 0.717) is 23.0 Å². The molecule has 0 aliphatic rings. The number of aromatic nitrogens is 1. The minimum absolute atomic E-state index is 0.0524. The molecule has 0 radical (unpaired) electrons. The number of hydrogen-bond donors (Lipinski definition) is 1. The molecule has 0 amide bonds. The number of nitrogen functional groups attached to an aromatic ring is 1. The Morgan fingerprint density at radius 1 is 1.53 bits per heavy atom. The van der Waals surface area contributed by atoms with Crippen molar-refractivity contribution in [2.24, 2.45) is 0 Å². The molecule has 19 heavy (non-hydrogen) atoms. The van der Waals surface area contributed by atoms with Crippen molar-refractivity contribution in [1.29, 1.82) is 0 Å². The molecule has 1 aromatic carbocycles. The lowest BCUT2D eigenvalue weighted by Crippen LogP contribution is -2.00. The van der Waals surface area contributed by atoms with Crippen LogP contribution in [0.15, 0.2) is 17.5 Å². The van der Waals surface area contributed by atoms with E-state index in [1.807, 2.05) is 6.07 Å². The summed E-state index contributed by atoms with van der Waals surface area (Å²) in [5, 5.41) is 13.3. The van der Waals surface area contributed by atoms with Gasteiger partial charge in [-0.1, -0.05) is 0 Å². The van der Waals surface area contributed by atoms with Crippen LogP contribution in [-0.2, 0) is 0 Å². The molecular formula is C12H13N3O3S. The van der Waals surface area contributed by atoms with Crippen molar-refractivity contribution < 1.29 is 9.66 Å². The van der Waals surface area contributed by atoms with Crippen LogP contribution in [-0.4, -0.2) is 16.5 Å². The monoisotopic (exact) mass is 279 g/mol. The standard InChI is InChI=1S/C12H13N3O3S/c1-3-18-11-8(9-6-19-12(13)14-9)4-7(2)5-10(11)15(16)17/h4-6H,3H2,1-2H3,(H2,13,14). The molecule has 0 fully saturated rings. The van der Waals surface area contributed by atoms with E-state index in [1.54, 1.807) is 19.2 Å². The van der Waals surface area contributed by atoms with Crippen molar-refractivity contribution in [1.82, 2.24) is 4.98 Å². The number of nitrogens with zero attached hydrogens (tertiary/aromatic N) is 2. The number of thiazole rings is 1. The minimum Gasteiger partial charge on any atom is -0.487 e. The fourth-order valence-electron chi connectivity index (χ4n) is 1.79. The van der Waals surface area contributed by atoms with E-state index < -0.39 is 4.92 Å². The normalized spacial score (nSPS) is 10.4. The predicted octanol–water partition coefficient (Wildman–Crippen LogP) is 3.01. The summed E-state index contributed by atoms with van der Waals surface area (Å²) in [7, 11) is 0. The molecule has 6 nitrogen and oxygen atoms in total. The van der Waals surface area contributed by atoms with Crippen LogP contribution in [0.5, 0.6) is 5.75 Å². The fraction of sp³-hybridized carbons (Fsp3) is 0.250. The van der Waals surface area contributed by atoms with E-state index >= 15 is 0 Å². The molecule has 2 N–H and O–H groups in total. The third-order valence-corrected chi connectivity index (χ3v) is 3.17. The van der Waals surface area contributed by atoms with Crippen LogP contribution in [0.25, 0.3) is 11.3 Å². The van der Waals surface area contributed by atoms with Gasteiger partial charge in [-0.25, -0.2) is 4.98 Å². The molecule has 2 aromatic rings. The van der Waals surface area contributed by atoms with Gasteiger partial charge in [-0.15, -0.1) is 11.3 Å². The lowest BCUT2D eigenvalue weighted by atomic mass is 10.1. The number of hydrogen-bond acceptors (Lipinski definition) is 6. The molecule has 1 aromatic heterocycles. The molecular weight excluding hydrogens is 266 g/mol. The SMILES string of the molecule is CCOc1c(-c2csc(N)n2)cc(C)cc1[N+](=O)[O-]. The van der Waals surface area contributed by atoms with Crippen LogP contribution in [0.2, 0.25) is 0 Å². The van der Waals surface area contributed by atoms with Crippen molar-refractivity contribution in [2.75, 3.05) is 12.3 Å². The van der Waals surface area contributed by atoms with E-state index in [2.05, 4.69) is 4.98 Å². The zero-order valence-corrected chi connectivity index (χ0v) is 11.4. The Kier molecular flexibility index (Phi) is 3.66. The third kappa shape index (κ3) is 2.65. The predicted molar refractivity (Wildman–Crippen MR) is 74.5 cm³/mol. The van der Waals surface area contributed by atoms with E-state index in [9.17, 15) is 10.1 Å². The lowest BCUT2D eigenvalue weighted by molar-refractivity contribution is -0.385. The molecule has 7 heteroatoms. The maximum atomic E-state index is 11.1. The van der Waals surface area contributed by atoms with Gasteiger partial charge in [-0.3, -0.25) is 10.1 Å². The largest absolute Gasteiger partial charge is 0.487 e. The zero-order valence-electron chi connectivity index (χ0n) is 10.5. The van der Waals surface area contributed by atoms with Gasteiger partial charge < -0.3 is 10.5 Å². The molecule has 0 unspecified atom stereocenters. The molecule has 0 aliphatic heterocycles. The van der Waals surface area contributed by atoms with Crippen LogP contribution in [0, 0.1) is 17.0 Å². The Balaban J connectivity index is 2.67. The van der Waals surface area contributed by atoms with Gasteiger partial charge in [0.2, 0.25) is 5.75 Å². The number of ether oxygens (including phenoxy) is 1. The Hall–Kier alpha value is -2.15. The second kappa shape index (κ2) is 5.23. The Labute approximate surface area is 114 Å². The molecule has 0 atom stereocenters. The van der Waals surface area contributed by atoms with Crippen LogP contribution < -0.4 is 10.5 Å². The summed E-state index contributed by atoms with van der Waals surface area (Å²) < 4.78 is 5.43. The number of nitro benzene ring substituents is 1. The summed E-state index contributed by atoms with van der Waals surface area (Å²) in [5.74, 6) is 0.239. The average molecular weight is 279 g/mol. The minimum atomic E-state index is -0.447. The second-order valence-corrected chi connectivity index (χ2v) is 4.81. The number of nitro groups is 1. The van der Waals surface area contributed by atoms with Crippen LogP contribution in [0.1, 0.15) is 12.5 Å². The summed E-state index contributed by atoms with van der Waals surface area (Å²) >= 11 is 1.29. The Morgan fingerprint density at radius 3 is 2.79 bits per heavy atom. The molecule has 2 rings (SSSR count). The van der Waals surface area contributed by atoms with Gasteiger partial charge in [0.05, 0.1) is 22.8 Å². The zero-order chi connectivity index (χ0) is 14.0. The van der Waals surface area contributed by atoms with Gasteiger partial charge in [-0.2, -0.15) is 0 Å². The van der Waals surface area contributed by atoms with E-state index in [1.165, 1.54) is 17.4 Å². The summed E-state index contributed by atoms with van der Waals surface area (Å²) in [6.45, 7) is 3.92. The first-order valence-corrected chi connectivity index (χ1v) is 6.54. The highest BCUT2D eigenvalue weighted by atomic mass is 32.1. The molecule has 0 spiro atoms. The second-order valence-electron chi connectivity index (χ2n) is 3.92. The van der Waals surface area contributed by atoms with Gasteiger partial charge in [0.15, 0.2) is 5.13 Å². The number of nitrogens with two attached hydrogens (primary N) is 1. The molecule has 0 bridgehead atoms. The smallest absolute Gasteiger partial charge is 0.311 e. The maximum Gasteiger partial charge on any atom is 0.311 e. The van der Waals surface area contributed by atoms with Crippen molar-refractivity contribution in [3.63, 3.8) is 0 Å². The lowest BCUT2D eigenvalue weighted by Gasteiger charge is -2.10. The third-order valence-electron chi connectivity index (χ3n) is 2.50. The van der Waals surface area contributed by atoms with Crippen molar-refractivity contribution in [3.8, 4) is 17.0 Å². The van der Waals surface area contributed by atoms with E-state index in [-0.39, 0.29) is 11.4 Å². The summed E-state index contributed by atoms with van der Waals surface area (Å²) in [6.07, 6.45) is 0. The summed E-state index contributed by atoms with van der Waals surface area (Å²) in [4.78, 5) is 14.8. The fourth-order valence-corrected chi connectivity index (χ4v) is 2.35. The maximum absolute atomic E-state index is 11.1. The first-order valence-electron chi connectivity index (χ1n) is 5.66. The molecule has 0 saturated carbocycles.